The zero-order valence-electron chi connectivity index (χ0n) is 19.6. The Kier molecular flexibility index (Phi) is 6.98. The molecule has 0 aliphatic carbocycles. The van der Waals surface area contributed by atoms with E-state index in [1.807, 2.05) is 13.0 Å². The maximum Gasteiger partial charge on any atom is 0.247 e. The summed E-state index contributed by atoms with van der Waals surface area (Å²) in [6, 6.07) is 9.70. The normalized spacial score (nSPS) is 10.7. The van der Waals surface area contributed by atoms with Crippen LogP contribution < -0.4 is 20.1 Å². The molecule has 10 heteroatoms. The number of fused-ring (bicyclic) bond motifs is 1. The number of halogens is 2. The molecule has 0 aliphatic heterocycles. The largest absolute Gasteiger partial charge is 0.494 e. The summed E-state index contributed by atoms with van der Waals surface area (Å²) < 4.78 is 40.2. The Hall–Kier alpha value is -4.31. The molecule has 0 aliphatic rings. The summed E-state index contributed by atoms with van der Waals surface area (Å²) in [6.07, 6.45) is 2.72. The highest BCUT2D eigenvalue weighted by atomic mass is 32.1. The zero-order valence-corrected chi connectivity index (χ0v) is 20.4. The summed E-state index contributed by atoms with van der Waals surface area (Å²) in [5.74, 6) is -3.57. The first-order valence-corrected chi connectivity index (χ1v) is 11.4. The van der Waals surface area contributed by atoms with Gasteiger partial charge >= 0.3 is 0 Å². The second kappa shape index (κ2) is 10.1. The van der Waals surface area contributed by atoms with Crippen LogP contribution in [0.25, 0.3) is 10.1 Å². The molecule has 2 aromatic heterocycles. The highest BCUT2D eigenvalue weighted by molar-refractivity contribution is 7.21. The van der Waals surface area contributed by atoms with Gasteiger partial charge in [0.25, 0.3) is 0 Å². The SMILES string of the molecule is C=CC(=O)Nc1cccc(C)c1Nc1cc2cc(C(=O)c3c(F)c(OC)cc(OC)c3F)sc2cn1. The Bertz CT molecular complexity index is 1490. The summed E-state index contributed by atoms with van der Waals surface area (Å²) >= 11 is 1.05. The quantitative estimate of drug-likeness (QED) is 0.224. The van der Waals surface area contributed by atoms with Gasteiger partial charge in [-0.15, -0.1) is 11.3 Å². The van der Waals surface area contributed by atoms with Gasteiger partial charge in [-0.05, 0) is 42.1 Å². The van der Waals surface area contributed by atoms with Crippen LogP contribution in [0.15, 0.2) is 55.3 Å². The van der Waals surface area contributed by atoms with E-state index in [-0.39, 0.29) is 22.3 Å². The van der Waals surface area contributed by atoms with Crippen LogP contribution in [-0.4, -0.2) is 30.9 Å². The van der Waals surface area contributed by atoms with E-state index in [0.29, 0.717) is 27.3 Å². The number of hydrogen-bond acceptors (Lipinski definition) is 7. The first-order chi connectivity index (χ1) is 17.3. The highest BCUT2D eigenvalue weighted by Crippen LogP contribution is 2.36. The molecule has 2 aromatic carbocycles. The maximum absolute atomic E-state index is 14.8. The number of aromatic nitrogens is 1. The number of nitrogens with zero attached hydrogens (tertiary/aromatic N) is 1. The number of benzene rings is 2. The van der Waals surface area contributed by atoms with Crippen molar-refractivity contribution < 1.29 is 27.8 Å². The number of para-hydroxylation sites is 1. The van der Waals surface area contributed by atoms with Crippen LogP contribution in [-0.2, 0) is 4.79 Å². The number of pyridine rings is 1. The van der Waals surface area contributed by atoms with Crippen LogP contribution >= 0.6 is 11.3 Å². The van der Waals surface area contributed by atoms with Gasteiger partial charge in [0.1, 0.15) is 11.4 Å². The van der Waals surface area contributed by atoms with Crippen molar-refractivity contribution in [1.82, 2.24) is 4.98 Å². The van der Waals surface area contributed by atoms with Crippen molar-refractivity contribution in [1.29, 1.82) is 0 Å². The third-order valence-corrected chi connectivity index (χ3v) is 6.48. The number of anilines is 3. The Labute approximate surface area is 209 Å². The lowest BCUT2D eigenvalue weighted by molar-refractivity contribution is -0.111. The minimum absolute atomic E-state index is 0.117. The maximum atomic E-state index is 14.8. The molecule has 0 atom stereocenters. The second-order valence-electron chi connectivity index (χ2n) is 7.65. The van der Waals surface area contributed by atoms with Crippen LogP contribution in [0.4, 0.5) is 26.0 Å². The highest BCUT2D eigenvalue weighted by Gasteiger charge is 2.27. The lowest BCUT2D eigenvalue weighted by Crippen LogP contribution is -2.10. The molecule has 4 rings (SSSR count). The number of ketones is 1. The third kappa shape index (κ3) is 4.63. The number of rotatable bonds is 8. The van der Waals surface area contributed by atoms with Crippen LogP contribution in [0.5, 0.6) is 11.5 Å². The monoisotopic (exact) mass is 509 g/mol. The van der Waals surface area contributed by atoms with Gasteiger partial charge in [-0.25, -0.2) is 13.8 Å². The van der Waals surface area contributed by atoms with Gasteiger partial charge in [0.15, 0.2) is 23.1 Å². The molecular weight excluding hydrogens is 488 g/mol. The number of amides is 1. The van der Waals surface area contributed by atoms with E-state index in [0.717, 1.165) is 23.0 Å². The summed E-state index contributed by atoms with van der Waals surface area (Å²) in [5.41, 5.74) is 1.28. The molecule has 4 aromatic rings. The van der Waals surface area contributed by atoms with Crippen LogP contribution in [0, 0.1) is 18.6 Å². The summed E-state index contributed by atoms with van der Waals surface area (Å²) in [6.45, 7) is 5.34. The van der Waals surface area contributed by atoms with E-state index in [9.17, 15) is 18.4 Å². The number of thiophene rings is 1. The van der Waals surface area contributed by atoms with Crippen molar-refractivity contribution >= 4 is 50.3 Å². The molecule has 2 heterocycles. The Morgan fingerprint density at radius 1 is 1.08 bits per heavy atom. The van der Waals surface area contributed by atoms with E-state index in [2.05, 4.69) is 22.2 Å². The van der Waals surface area contributed by atoms with Gasteiger partial charge in [0.05, 0.1) is 35.2 Å². The number of hydrogen-bond donors (Lipinski definition) is 2. The third-order valence-electron chi connectivity index (χ3n) is 5.40. The predicted octanol–water partition coefficient (Wildman–Crippen LogP) is 6.00. The van der Waals surface area contributed by atoms with Crippen molar-refractivity contribution in [3.8, 4) is 11.5 Å². The van der Waals surface area contributed by atoms with E-state index in [4.69, 9.17) is 9.47 Å². The molecule has 0 unspecified atom stereocenters. The summed E-state index contributed by atoms with van der Waals surface area (Å²) in [7, 11) is 2.43. The molecule has 0 radical (unpaired) electrons. The molecule has 0 saturated carbocycles. The topological polar surface area (TPSA) is 89.6 Å². The molecule has 7 nitrogen and oxygen atoms in total. The van der Waals surface area contributed by atoms with Crippen molar-refractivity contribution in [2.75, 3.05) is 24.9 Å². The number of nitrogens with one attached hydrogen (secondary N) is 2. The lowest BCUT2D eigenvalue weighted by Gasteiger charge is -2.14. The average Bonchev–Trinajstić information content (AvgIpc) is 3.30. The van der Waals surface area contributed by atoms with Crippen LogP contribution in [0.1, 0.15) is 20.8 Å². The molecule has 0 bridgehead atoms. The molecule has 1 amide bonds. The van der Waals surface area contributed by atoms with Crippen LogP contribution in [0.2, 0.25) is 0 Å². The number of carbonyl (C=O) groups excluding carboxylic acids is 2. The summed E-state index contributed by atoms with van der Waals surface area (Å²) in [4.78, 5) is 29.4. The first-order valence-electron chi connectivity index (χ1n) is 10.6. The Morgan fingerprint density at radius 2 is 1.78 bits per heavy atom. The average molecular weight is 510 g/mol. The van der Waals surface area contributed by atoms with Crippen molar-refractivity contribution in [3.63, 3.8) is 0 Å². The van der Waals surface area contributed by atoms with Gasteiger partial charge in [-0.2, -0.15) is 0 Å². The van der Waals surface area contributed by atoms with Gasteiger partial charge in [0, 0.05) is 12.3 Å². The zero-order chi connectivity index (χ0) is 26.0. The predicted molar refractivity (Wildman–Crippen MR) is 136 cm³/mol. The number of methoxy groups -OCH3 is 2. The number of aryl methyl sites for hydroxylation is 1. The minimum Gasteiger partial charge on any atom is -0.494 e. The minimum atomic E-state index is -1.10. The first kappa shape index (κ1) is 24.8. The van der Waals surface area contributed by atoms with E-state index < -0.39 is 23.0 Å². The number of ether oxygens (including phenoxy) is 2. The molecule has 184 valence electrons. The lowest BCUT2D eigenvalue weighted by atomic mass is 10.1. The molecule has 36 heavy (non-hydrogen) atoms. The summed E-state index contributed by atoms with van der Waals surface area (Å²) in [5, 5.41) is 6.57. The molecule has 0 saturated heterocycles. The Balaban J connectivity index is 1.70. The smallest absolute Gasteiger partial charge is 0.247 e. The molecule has 0 spiro atoms. The molecule has 0 fully saturated rings. The number of carbonyl (C=O) groups is 2. The molecular formula is C26H21F2N3O4S. The van der Waals surface area contributed by atoms with Gasteiger partial charge in [0.2, 0.25) is 11.7 Å². The van der Waals surface area contributed by atoms with Gasteiger partial charge in [-0.3, -0.25) is 9.59 Å². The van der Waals surface area contributed by atoms with Crippen LogP contribution in [0.3, 0.4) is 0 Å². The van der Waals surface area contributed by atoms with Gasteiger partial charge < -0.3 is 20.1 Å². The van der Waals surface area contributed by atoms with Gasteiger partial charge in [-0.1, -0.05) is 18.7 Å². The van der Waals surface area contributed by atoms with E-state index >= 15 is 0 Å². The second-order valence-corrected chi connectivity index (χ2v) is 8.73. The van der Waals surface area contributed by atoms with E-state index in [1.165, 1.54) is 26.4 Å². The molecule has 2 N–H and O–H groups in total. The Morgan fingerprint density at radius 3 is 2.42 bits per heavy atom. The van der Waals surface area contributed by atoms with Crippen molar-refractivity contribution in [2.45, 2.75) is 6.92 Å². The van der Waals surface area contributed by atoms with E-state index in [1.54, 1.807) is 24.4 Å². The van der Waals surface area contributed by atoms with Crippen molar-refractivity contribution in [2.24, 2.45) is 0 Å². The fraction of sp³-hybridized carbons (Fsp3) is 0.115. The fourth-order valence-corrected chi connectivity index (χ4v) is 4.54. The standard InChI is InChI=1S/C26H21F2N3O4S/c1-5-21(32)30-15-8-6-7-13(2)25(15)31-20-10-14-9-18(36-19(14)12-29-20)26(33)22-23(27)16(34-3)11-17(35-4)24(22)28/h5-12H,1H2,2-4H3,(H,29,31)(H,30,32). The van der Waals surface area contributed by atoms with Crippen molar-refractivity contribution in [3.05, 3.63) is 82.9 Å². The fourth-order valence-electron chi connectivity index (χ4n) is 3.58.